The number of hydrogen-bond donors (Lipinski definition) is 2. The molecule has 19 heavy (non-hydrogen) atoms. The summed E-state index contributed by atoms with van der Waals surface area (Å²) in [5.74, 6) is 0.787. The standard InChI is InChI=1S/C15H33N3O/c1-7-13(8-2)14(18(5)6)11-17-15(19)9-10-16-12(3)4/h12-14,16H,7-11H2,1-6H3,(H,17,19). The Hall–Kier alpha value is -0.610. The Labute approximate surface area is 119 Å². The predicted molar refractivity (Wildman–Crippen MR) is 82.3 cm³/mol. The molecule has 0 heterocycles. The molecule has 0 saturated heterocycles. The fourth-order valence-electron chi connectivity index (χ4n) is 2.38. The van der Waals surface area contributed by atoms with Crippen molar-refractivity contribution in [2.75, 3.05) is 27.2 Å². The van der Waals surface area contributed by atoms with E-state index in [2.05, 4.69) is 57.3 Å². The lowest BCUT2D eigenvalue weighted by Gasteiger charge is -2.31. The van der Waals surface area contributed by atoms with Gasteiger partial charge in [0.2, 0.25) is 5.91 Å². The molecule has 1 unspecified atom stereocenters. The summed E-state index contributed by atoms with van der Waals surface area (Å²) in [7, 11) is 4.19. The first kappa shape index (κ1) is 18.4. The molecule has 0 rings (SSSR count). The third kappa shape index (κ3) is 8.22. The molecule has 4 nitrogen and oxygen atoms in total. The van der Waals surface area contributed by atoms with Gasteiger partial charge in [-0.15, -0.1) is 0 Å². The molecule has 0 aromatic heterocycles. The minimum absolute atomic E-state index is 0.144. The molecule has 0 aliphatic rings. The molecule has 0 aliphatic heterocycles. The van der Waals surface area contributed by atoms with Crippen molar-refractivity contribution in [3.63, 3.8) is 0 Å². The van der Waals surface area contributed by atoms with Crippen molar-refractivity contribution in [1.82, 2.24) is 15.5 Å². The molecule has 0 fully saturated rings. The monoisotopic (exact) mass is 271 g/mol. The summed E-state index contributed by atoms with van der Waals surface area (Å²) in [6.07, 6.45) is 2.87. The van der Waals surface area contributed by atoms with E-state index in [1.54, 1.807) is 0 Å². The molecule has 114 valence electrons. The van der Waals surface area contributed by atoms with Gasteiger partial charge in [-0.1, -0.05) is 40.5 Å². The van der Waals surface area contributed by atoms with E-state index in [1.165, 1.54) is 0 Å². The van der Waals surface area contributed by atoms with Crippen molar-refractivity contribution in [1.29, 1.82) is 0 Å². The first-order valence-electron chi connectivity index (χ1n) is 7.58. The van der Waals surface area contributed by atoms with Crippen LogP contribution in [0, 0.1) is 5.92 Å². The number of nitrogens with zero attached hydrogens (tertiary/aromatic N) is 1. The van der Waals surface area contributed by atoms with Gasteiger partial charge in [0.25, 0.3) is 0 Å². The number of likely N-dealkylation sites (N-methyl/N-ethyl adjacent to an activating group) is 1. The minimum atomic E-state index is 0.144. The smallest absolute Gasteiger partial charge is 0.221 e. The molecule has 0 aliphatic carbocycles. The van der Waals surface area contributed by atoms with Gasteiger partial charge in [0, 0.05) is 31.6 Å². The molecule has 0 saturated carbocycles. The number of carbonyl (C=O) groups excluding carboxylic acids is 1. The molecular weight excluding hydrogens is 238 g/mol. The second kappa shape index (κ2) is 10.2. The van der Waals surface area contributed by atoms with Crippen LogP contribution in [-0.2, 0) is 4.79 Å². The van der Waals surface area contributed by atoms with Gasteiger partial charge in [0.05, 0.1) is 0 Å². The Balaban J connectivity index is 4.07. The molecule has 0 spiro atoms. The van der Waals surface area contributed by atoms with E-state index in [4.69, 9.17) is 0 Å². The average molecular weight is 271 g/mol. The summed E-state index contributed by atoms with van der Waals surface area (Å²) in [5.41, 5.74) is 0. The minimum Gasteiger partial charge on any atom is -0.354 e. The zero-order valence-corrected chi connectivity index (χ0v) is 13.6. The predicted octanol–water partition coefficient (Wildman–Crippen LogP) is 1.86. The third-order valence-corrected chi connectivity index (χ3v) is 3.67. The van der Waals surface area contributed by atoms with Gasteiger partial charge in [-0.3, -0.25) is 4.79 Å². The van der Waals surface area contributed by atoms with Crippen LogP contribution < -0.4 is 10.6 Å². The molecule has 2 N–H and O–H groups in total. The summed E-state index contributed by atoms with van der Waals surface area (Å²) in [5, 5.41) is 6.33. The van der Waals surface area contributed by atoms with Crippen molar-refractivity contribution in [2.24, 2.45) is 5.92 Å². The van der Waals surface area contributed by atoms with Gasteiger partial charge in [-0.2, -0.15) is 0 Å². The normalized spacial score (nSPS) is 13.3. The van der Waals surface area contributed by atoms with Crippen LogP contribution in [0.15, 0.2) is 0 Å². The van der Waals surface area contributed by atoms with E-state index in [0.717, 1.165) is 25.9 Å². The second-order valence-corrected chi connectivity index (χ2v) is 5.77. The Morgan fingerprint density at radius 3 is 2.16 bits per heavy atom. The van der Waals surface area contributed by atoms with Crippen LogP contribution >= 0.6 is 0 Å². The van der Waals surface area contributed by atoms with Crippen molar-refractivity contribution < 1.29 is 4.79 Å². The van der Waals surface area contributed by atoms with Crippen molar-refractivity contribution in [2.45, 2.75) is 59.0 Å². The van der Waals surface area contributed by atoms with Crippen molar-refractivity contribution >= 4 is 5.91 Å². The van der Waals surface area contributed by atoms with Crippen LogP contribution in [0.4, 0.5) is 0 Å². The van der Waals surface area contributed by atoms with Gasteiger partial charge in [-0.25, -0.2) is 0 Å². The lowest BCUT2D eigenvalue weighted by molar-refractivity contribution is -0.121. The maximum absolute atomic E-state index is 11.8. The largest absolute Gasteiger partial charge is 0.354 e. The van der Waals surface area contributed by atoms with E-state index in [9.17, 15) is 4.79 Å². The van der Waals surface area contributed by atoms with Crippen LogP contribution in [0.5, 0.6) is 0 Å². The quantitative estimate of drug-likeness (QED) is 0.637. The second-order valence-electron chi connectivity index (χ2n) is 5.77. The van der Waals surface area contributed by atoms with Gasteiger partial charge < -0.3 is 15.5 Å². The van der Waals surface area contributed by atoms with E-state index >= 15 is 0 Å². The molecular formula is C15H33N3O. The zero-order chi connectivity index (χ0) is 14.8. The number of hydrogen-bond acceptors (Lipinski definition) is 3. The van der Waals surface area contributed by atoms with Crippen molar-refractivity contribution in [3.05, 3.63) is 0 Å². The molecule has 0 aromatic rings. The van der Waals surface area contributed by atoms with Gasteiger partial charge >= 0.3 is 0 Å². The van der Waals surface area contributed by atoms with E-state index < -0.39 is 0 Å². The van der Waals surface area contributed by atoms with E-state index in [1.807, 2.05) is 0 Å². The Morgan fingerprint density at radius 2 is 1.74 bits per heavy atom. The molecule has 0 bridgehead atoms. The topological polar surface area (TPSA) is 44.4 Å². The highest BCUT2D eigenvalue weighted by Crippen LogP contribution is 2.16. The van der Waals surface area contributed by atoms with Gasteiger partial charge in [0.1, 0.15) is 0 Å². The van der Waals surface area contributed by atoms with Crippen LogP contribution in [0.1, 0.15) is 47.0 Å². The van der Waals surface area contributed by atoms with Gasteiger partial charge in [0.15, 0.2) is 0 Å². The van der Waals surface area contributed by atoms with Crippen LogP contribution in [0.25, 0.3) is 0 Å². The summed E-state index contributed by atoms with van der Waals surface area (Å²) in [6.45, 7) is 10.1. The van der Waals surface area contributed by atoms with Crippen LogP contribution in [0.2, 0.25) is 0 Å². The number of carbonyl (C=O) groups is 1. The summed E-state index contributed by atoms with van der Waals surface area (Å²) < 4.78 is 0. The summed E-state index contributed by atoms with van der Waals surface area (Å²) in [6, 6.07) is 0.865. The Kier molecular flexibility index (Phi) is 9.88. The zero-order valence-electron chi connectivity index (χ0n) is 13.6. The average Bonchev–Trinajstić information content (AvgIpc) is 2.33. The molecule has 1 atom stereocenters. The lowest BCUT2D eigenvalue weighted by atomic mass is 9.93. The highest BCUT2D eigenvalue weighted by Gasteiger charge is 2.20. The summed E-state index contributed by atoms with van der Waals surface area (Å²) >= 11 is 0. The van der Waals surface area contributed by atoms with Gasteiger partial charge in [-0.05, 0) is 20.0 Å². The lowest BCUT2D eigenvalue weighted by Crippen LogP contribution is -2.45. The molecule has 0 aromatic carbocycles. The highest BCUT2D eigenvalue weighted by molar-refractivity contribution is 5.76. The van der Waals surface area contributed by atoms with E-state index in [0.29, 0.717) is 24.4 Å². The molecule has 4 heteroatoms. The number of nitrogens with one attached hydrogen (secondary N) is 2. The number of rotatable bonds is 10. The van der Waals surface area contributed by atoms with Crippen LogP contribution in [-0.4, -0.2) is 50.1 Å². The third-order valence-electron chi connectivity index (χ3n) is 3.67. The highest BCUT2D eigenvalue weighted by atomic mass is 16.1. The first-order chi connectivity index (χ1) is 8.92. The maximum atomic E-state index is 11.8. The molecule has 1 amide bonds. The number of amides is 1. The Bertz CT molecular complexity index is 238. The summed E-state index contributed by atoms with van der Waals surface area (Å²) in [4.78, 5) is 14.0. The fraction of sp³-hybridized carbons (Fsp3) is 0.933. The van der Waals surface area contributed by atoms with Crippen LogP contribution in [0.3, 0.4) is 0 Å². The van der Waals surface area contributed by atoms with Crippen molar-refractivity contribution in [3.8, 4) is 0 Å². The molecule has 0 radical (unpaired) electrons. The van der Waals surface area contributed by atoms with E-state index in [-0.39, 0.29) is 5.91 Å². The first-order valence-corrected chi connectivity index (χ1v) is 7.58. The fourth-order valence-corrected chi connectivity index (χ4v) is 2.38. The Morgan fingerprint density at radius 1 is 1.16 bits per heavy atom. The SMILES string of the molecule is CCC(CC)C(CNC(=O)CCNC(C)C)N(C)C. The maximum Gasteiger partial charge on any atom is 0.221 e.